The number of para-hydroxylation sites is 2. The maximum atomic E-state index is 12.2. The molecule has 0 unspecified atom stereocenters. The minimum absolute atomic E-state index is 0.0257. The number of nitrogens with zero attached hydrogens (tertiary/aromatic N) is 2. The van der Waals surface area contributed by atoms with Gasteiger partial charge in [0.05, 0.1) is 4.92 Å². The van der Waals surface area contributed by atoms with Crippen LogP contribution < -0.4 is 5.32 Å². The van der Waals surface area contributed by atoms with Gasteiger partial charge in [-0.1, -0.05) is 32.4 Å². The highest BCUT2D eigenvalue weighted by atomic mass is 16.6. The van der Waals surface area contributed by atoms with Gasteiger partial charge in [0, 0.05) is 19.2 Å². The number of amides is 2. The molecule has 1 rings (SSSR count). The Hall–Kier alpha value is -2.44. The summed E-state index contributed by atoms with van der Waals surface area (Å²) in [5, 5.41) is 13.2. The average molecular weight is 307 g/mol. The number of nitro benzene ring substituents is 1. The fourth-order valence-electron chi connectivity index (χ4n) is 1.99. The molecule has 0 bridgehead atoms. The molecular formula is C15H21N3O4. The Morgan fingerprint density at radius 3 is 2.45 bits per heavy atom. The predicted molar refractivity (Wildman–Crippen MR) is 83.5 cm³/mol. The normalized spacial score (nSPS) is 10.1. The van der Waals surface area contributed by atoms with Gasteiger partial charge in [-0.15, -0.1) is 0 Å². The van der Waals surface area contributed by atoms with Gasteiger partial charge in [-0.2, -0.15) is 0 Å². The van der Waals surface area contributed by atoms with Crippen molar-refractivity contribution >= 4 is 23.2 Å². The Labute approximate surface area is 129 Å². The number of anilines is 1. The van der Waals surface area contributed by atoms with Crippen molar-refractivity contribution in [3.8, 4) is 0 Å². The van der Waals surface area contributed by atoms with Gasteiger partial charge in [-0.3, -0.25) is 19.7 Å². The molecule has 22 heavy (non-hydrogen) atoms. The molecule has 0 spiro atoms. The van der Waals surface area contributed by atoms with Crippen LogP contribution in [0.25, 0.3) is 0 Å². The zero-order valence-corrected chi connectivity index (χ0v) is 12.9. The van der Waals surface area contributed by atoms with E-state index in [1.54, 1.807) is 6.07 Å². The summed E-state index contributed by atoms with van der Waals surface area (Å²) in [7, 11) is 0. The van der Waals surface area contributed by atoms with Gasteiger partial charge in [0.1, 0.15) is 5.69 Å². The van der Waals surface area contributed by atoms with Crippen molar-refractivity contribution in [2.24, 2.45) is 0 Å². The lowest BCUT2D eigenvalue weighted by Crippen LogP contribution is -2.40. The van der Waals surface area contributed by atoms with Gasteiger partial charge in [0.2, 0.25) is 0 Å². The summed E-state index contributed by atoms with van der Waals surface area (Å²) in [4.78, 5) is 36.0. The first-order valence-electron chi connectivity index (χ1n) is 7.34. The first kappa shape index (κ1) is 17.6. The van der Waals surface area contributed by atoms with E-state index in [-0.39, 0.29) is 11.4 Å². The van der Waals surface area contributed by atoms with E-state index in [0.29, 0.717) is 13.1 Å². The quantitative estimate of drug-likeness (QED) is 0.476. The molecule has 0 aliphatic rings. The fraction of sp³-hybridized carbons (Fsp3) is 0.467. The molecule has 0 fully saturated rings. The van der Waals surface area contributed by atoms with Crippen molar-refractivity contribution in [2.45, 2.75) is 33.1 Å². The highest BCUT2D eigenvalue weighted by Crippen LogP contribution is 2.23. The molecule has 1 aromatic rings. The minimum atomic E-state index is -0.848. The standard InChI is InChI=1S/C15H21N3O4/c1-3-5-11-17(10-4-2)15(20)14(19)16-12-8-6-7-9-13(12)18(21)22/h6-9H,3-5,10-11H2,1-2H3,(H,16,19). The minimum Gasteiger partial charge on any atom is -0.334 e. The zero-order chi connectivity index (χ0) is 16.5. The lowest BCUT2D eigenvalue weighted by atomic mass is 10.2. The Bertz CT molecular complexity index is 545. The molecule has 0 aromatic heterocycles. The van der Waals surface area contributed by atoms with E-state index in [9.17, 15) is 19.7 Å². The lowest BCUT2D eigenvalue weighted by molar-refractivity contribution is -0.383. The number of nitrogens with one attached hydrogen (secondary N) is 1. The first-order valence-corrected chi connectivity index (χ1v) is 7.34. The number of hydrogen-bond acceptors (Lipinski definition) is 4. The number of unbranched alkanes of at least 4 members (excludes halogenated alkanes) is 1. The number of carbonyl (C=O) groups excluding carboxylic acids is 2. The highest BCUT2D eigenvalue weighted by Gasteiger charge is 2.23. The summed E-state index contributed by atoms with van der Waals surface area (Å²) in [6, 6.07) is 5.74. The largest absolute Gasteiger partial charge is 0.334 e. The van der Waals surface area contributed by atoms with Crippen LogP contribution in [0, 0.1) is 10.1 Å². The van der Waals surface area contributed by atoms with Crippen LogP contribution >= 0.6 is 0 Å². The number of carbonyl (C=O) groups is 2. The smallest absolute Gasteiger partial charge is 0.314 e. The van der Waals surface area contributed by atoms with E-state index in [4.69, 9.17) is 0 Å². The molecule has 120 valence electrons. The van der Waals surface area contributed by atoms with Gasteiger partial charge in [0.25, 0.3) is 5.69 Å². The van der Waals surface area contributed by atoms with E-state index >= 15 is 0 Å². The van der Waals surface area contributed by atoms with Gasteiger partial charge in [0.15, 0.2) is 0 Å². The van der Waals surface area contributed by atoms with Gasteiger partial charge in [-0.25, -0.2) is 0 Å². The summed E-state index contributed by atoms with van der Waals surface area (Å²) in [5.74, 6) is -1.51. The van der Waals surface area contributed by atoms with Crippen LogP contribution in [0.4, 0.5) is 11.4 Å². The molecule has 0 saturated carbocycles. The maximum absolute atomic E-state index is 12.2. The Balaban J connectivity index is 2.82. The fourth-order valence-corrected chi connectivity index (χ4v) is 1.99. The Morgan fingerprint density at radius 2 is 1.86 bits per heavy atom. The lowest BCUT2D eigenvalue weighted by Gasteiger charge is -2.21. The van der Waals surface area contributed by atoms with Crippen LogP contribution in [0.3, 0.4) is 0 Å². The van der Waals surface area contributed by atoms with Crippen LogP contribution in [0.1, 0.15) is 33.1 Å². The molecular weight excluding hydrogens is 286 g/mol. The molecule has 0 aliphatic heterocycles. The SMILES string of the molecule is CCCCN(CCC)C(=O)C(=O)Nc1ccccc1[N+](=O)[O-]. The average Bonchev–Trinajstić information content (AvgIpc) is 2.51. The van der Waals surface area contributed by atoms with Gasteiger partial charge >= 0.3 is 11.8 Å². The molecule has 0 atom stereocenters. The van der Waals surface area contributed by atoms with Crippen molar-refractivity contribution in [3.05, 3.63) is 34.4 Å². The van der Waals surface area contributed by atoms with E-state index < -0.39 is 16.7 Å². The maximum Gasteiger partial charge on any atom is 0.314 e. The van der Waals surface area contributed by atoms with Crippen molar-refractivity contribution in [1.82, 2.24) is 4.90 Å². The van der Waals surface area contributed by atoms with Crippen LogP contribution in [0.15, 0.2) is 24.3 Å². The van der Waals surface area contributed by atoms with E-state index in [1.165, 1.54) is 23.1 Å². The first-order chi connectivity index (χ1) is 10.5. The van der Waals surface area contributed by atoms with Crippen molar-refractivity contribution < 1.29 is 14.5 Å². The third-order valence-electron chi connectivity index (χ3n) is 3.11. The number of benzene rings is 1. The third kappa shape index (κ3) is 4.83. The molecule has 1 aromatic carbocycles. The molecule has 7 nitrogen and oxygen atoms in total. The number of hydrogen-bond donors (Lipinski definition) is 1. The second-order valence-electron chi connectivity index (χ2n) is 4.87. The van der Waals surface area contributed by atoms with E-state index in [0.717, 1.165) is 19.3 Å². The molecule has 0 heterocycles. The summed E-state index contributed by atoms with van der Waals surface area (Å²) in [6.07, 6.45) is 2.47. The number of nitro groups is 1. The van der Waals surface area contributed by atoms with Crippen LogP contribution in [-0.2, 0) is 9.59 Å². The summed E-state index contributed by atoms with van der Waals surface area (Å²) in [5.41, 5.74) is -0.211. The van der Waals surface area contributed by atoms with Crippen LogP contribution in [0.2, 0.25) is 0 Å². The second kappa shape index (κ2) is 8.76. The van der Waals surface area contributed by atoms with E-state index in [1.807, 2.05) is 13.8 Å². The number of rotatable bonds is 7. The monoisotopic (exact) mass is 307 g/mol. The van der Waals surface area contributed by atoms with Gasteiger partial charge < -0.3 is 10.2 Å². The van der Waals surface area contributed by atoms with Crippen molar-refractivity contribution in [3.63, 3.8) is 0 Å². The van der Waals surface area contributed by atoms with Gasteiger partial charge in [-0.05, 0) is 18.9 Å². The molecule has 2 amide bonds. The molecule has 7 heteroatoms. The van der Waals surface area contributed by atoms with E-state index in [2.05, 4.69) is 5.32 Å². The van der Waals surface area contributed by atoms with Crippen molar-refractivity contribution in [2.75, 3.05) is 18.4 Å². The van der Waals surface area contributed by atoms with Crippen LogP contribution in [-0.4, -0.2) is 34.7 Å². The highest BCUT2D eigenvalue weighted by molar-refractivity contribution is 6.39. The predicted octanol–water partition coefficient (Wildman–Crippen LogP) is 2.57. The topological polar surface area (TPSA) is 92.6 Å². The Morgan fingerprint density at radius 1 is 1.18 bits per heavy atom. The molecule has 0 saturated heterocycles. The summed E-state index contributed by atoms with van der Waals surface area (Å²) in [6.45, 7) is 4.92. The molecule has 1 N–H and O–H groups in total. The zero-order valence-electron chi connectivity index (χ0n) is 12.9. The molecule has 0 aliphatic carbocycles. The van der Waals surface area contributed by atoms with Crippen molar-refractivity contribution in [1.29, 1.82) is 0 Å². The molecule has 0 radical (unpaired) electrons. The summed E-state index contributed by atoms with van der Waals surface area (Å²) >= 11 is 0. The van der Waals surface area contributed by atoms with Crippen LogP contribution in [0.5, 0.6) is 0 Å². The second-order valence-corrected chi connectivity index (χ2v) is 4.87. The third-order valence-corrected chi connectivity index (χ3v) is 3.11. The summed E-state index contributed by atoms with van der Waals surface area (Å²) < 4.78 is 0. The Kier molecular flexibility index (Phi) is 7.01.